The van der Waals surface area contributed by atoms with Gasteiger partial charge in [-0.05, 0) is 30.3 Å². The fourth-order valence-corrected chi connectivity index (χ4v) is 5.36. The third-order valence-corrected chi connectivity index (χ3v) is 6.82. The van der Waals surface area contributed by atoms with Gasteiger partial charge in [0.25, 0.3) is 0 Å². The average Bonchev–Trinajstić information content (AvgIpc) is 3.25. The van der Waals surface area contributed by atoms with Crippen molar-refractivity contribution in [3.8, 4) is 0 Å². The second kappa shape index (κ2) is 7.83. The van der Waals surface area contributed by atoms with Crippen molar-refractivity contribution >= 4 is 41.0 Å². The molecule has 4 atom stereocenters. The average molecular weight is 455 g/mol. The number of anilines is 1. The molecule has 5 rings (SSSR count). The minimum atomic E-state index is -0.942. The summed E-state index contributed by atoms with van der Waals surface area (Å²) in [7, 11) is 1.50. The van der Waals surface area contributed by atoms with Gasteiger partial charge in [-0.2, -0.15) is 0 Å². The van der Waals surface area contributed by atoms with Crippen LogP contribution in [0, 0.1) is 17.7 Å². The lowest BCUT2D eigenvalue weighted by atomic mass is 9.86. The predicted octanol–water partition coefficient (Wildman–Crippen LogP) is 3.19. The fraction of sp³-hybridized carbons (Fsp3) is 0.292. The van der Waals surface area contributed by atoms with Crippen LogP contribution >= 0.6 is 11.6 Å². The molecule has 2 aromatic rings. The monoisotopic (exact) mass is 454 g/mol. The molecule has 3 aliphatic heterocycles. The highest BCUT2D eigenvalue weighted by Gasteiger charge is 2.63. The highest BCUT2D eigenvalue weighted by molar-refractivity contribution is 6.34. The molecule has 3 aliphatic rings. The SMILES string of the molecule is COCCN1C(=O)[C@@H]2[C@@H](C1=O)[C@H](C(=O)c1ccccc1Cl)N1c3ccc(F)cc3C=C[C@H]21. The van der Waals surface area contributed by atoms with E-state index in [0.29, 0.717) is 11.3 Å². The number of methoxy groups -OCH3 is 1. The second-order valence-corrected chi connectivity index (χ2v) is 8.53. The van der Waals surface area contributed by atoms with Gasteiger partial charge in [-0.3, -0.25) is 19.3 Å². The second-order valence-electron chi connectivity index (χ2n) is 8.12. The maximum Gasteiger partial charge on any atom is 0.235 e. The van der Waals surface area contributed by atoms with E-state index in [9.17, 15) is 18.8 Å². The summed E-state index contributed by atoms with van der Waals surface area (Å²) >= 11 is 6.32. The lowest BCUT2D eigenvalue weighted by Crippen LogP contribution is -2.49. The topological polar surface area (TPSA) is 66.9 Å². The van der Waals surface area contributed by atoms with Crippen molar-refractivity contribution in [3.63, 3.8) is 0 Å². The van der Waals surface area contributed by atoms with E-state index in [1.165, 1.54) is 24.1 Å². The Kier molecular flexibility index (Phi) is 5.10. The van der Waals surface area contributed by atoms with Gasteiger partial charge in [-0.25, -0.2) is 4.39 Å². The molecule has 0 aromatic heterocycles. The van der Waals surface area contributed by atoms with Gasteiger partial charge in [0, 0.05) is 23.9 Å². The zero-order chi connectivity index (χ0) is 22.6. The highest BCUT2D eigenvalue weighted by atomic mass is 35.5. The zero-order valence-electron chi connectivity index (χ0n) is 17.2. The van der Waals surface area contributed by atoms with E-state index in [1.54, 1.807) is 47.4 Å². The van der Waals surface area contributed by atoms with Gasteiger partial charge in [0.1, 0.15) is 11.9 Å². The Morgan fingerprint density at radius 3 is 2.62 bits per heavy atom. The third-order valence-electron chi connectivity index (χ3n) is 6.49. The van der Waals surface area contributed by atoms with Crippen LogP contribution in [0.1, 0.15) is 15.9 Å². The highest BCUT2D eigenvalue weighted by Crippen LogP contribution is 2.49. The lowest BCUT2D eigenvalue weighted by molar-refractivity contribution is -0.141. The molecule has 3 heterocycles. The molecule has 2 amide bonds. The Morgan fingerprint density at radius 1 is 1.12 bits per heavy atom. The molecular weight excluding hydrogens is 435 g/mol. The molecule has 2 saturated heterocycles. The van der Waals surface area contributed by atoms with Crippen molar-refractivity contribution < 1.29 is 23.5 Å². The number of nitrogens with zero attached hydrogens (tertiary/aromatic N) is 2. The van der Waals surface area contributed by atoms with Crippen LogP contribution in [0.2, 0.25) is 5.02 Å². The summed E-state index contributed by atoms with van der Waals surface area (Å²) in [5.41, 5.74) is 1.49. The molecular formula is C24H20ClFN2O4. The number of ketones is 1. The summed E-state index contributed by atoms with van der Waals surface area (Å²) in [4.78, 5) is 43.5. The largest absolute Gasteiger partial charge is 0.383 e. The third kappa shape index (κ3) is 2.99. The van der Waals surface area contributed by atoms with E-state index in [2.05, 4.69) is 0 Å². The van der Waals surface area contributed by atoms with Crippen LogP contribution in [-0.2, 0) is 14.3 Å². The minimum Gasteiger partial charge on any atom is -0.383 e. The normalized spacial score (nSPS) is 25.7. The molecule has 164 valence electrons. The number of fused-ring (bicyclic) bond motifs is 5. The minimum absolute atomic E-state index is 0.131. The van der Waals surface area contributed by atoms with Crippen molar-refractivity contribution in [3.05, 3.63) is 70.5 Å². The molecule has 0 unspecified atom stereocenters. The number of benzene rings is 2. The van der Waals surface area contributed by atoms with Crippen LogP contribution < -0.4 is 4.90 Å². The number of carbonyl (C=O) groups excluding carboxylic acids is 3. The first-order chi connectivity index (χ1) is 15.4. The first-order valence-electron chi connectivity index (χ1n) is 10.3. The molecule has 6 nitrogen and oxygen atoms in total. The smallest absolute Gasteiger partial charge is 0.235 e. The number of likely N-dealkylation sites (tertiary alicyclic amines) is 1. The molecule has 2 aromatic carbocycles. The number of hydrogen-bond acceptors (Lipinski definition) is 5. The summed E-state index contributed by atoms with van der Waals surface area (Å²) in [5, 5.41) is 0.275. The quantitative estimate of drug-likeness (QED) is 0.512. The lowest BCUT2D eigenvalue weighted by Gasteiger charge is -2.36. The molecule has 32 heavy (non-hydrogen) atoms. The Labute approximate surface area is 189 Å². The number of imide groups is 1. The predicted molar refractivity (Wildman–Crippen MR) is 117 cm³/mol. The van der Waals surface area contributed by atoms with Crippen molar-refractivity contribution in [2.45, 2.75) is 12.1 Å². The Hall–Kier alpha value is -3.03. The Balaban J connectivity index is 1.64. The van der Waals surface area contributed by atoms with E-state index < -0.39 is 35.6 Å². The summed E-state index contributed by atoms with van der Waals surface area (Å²) < 4.78 is 18.9. The van der Waals surface area contributed by atoms with Gasteiger partial charge in [-0.15, -0.1) is 0 Å². The van der Waals surface area contributed by atoms with Crippen LogP contribution in [0.4, 0.5) is 10.1 Å². The van der Waals surface area contributed by atoms with Gasteiger partial charge in [0.05, 0.1) is 36.1 Å². The van der Waals surface area contributed by atoms with Gasteiger partial charge in [-0.1, -0.05) is 35.9 Å². The maximum absolute atomic E-state index is 13.9. The summed E-state index contributed by atoms with van der Waals surface area (Å²) in [5.74, 6) is -3.05. The van der Waals surface area contributed by atoms with Crippen molar-refractivity contribution in [1.82, 2.24) is 4.90 Å². The van der Waals surface area contributed by atoms with Crippen LogP contribution in [0.5, 0.6) is 0 Å². The number of halogens is 2. The maximum atomic E-state index is 13.9. The summed E-state index contributed by atoms with van der Waals surface area (Å²) in [6.45, 7) is 0.346. The van der Waals surface area contributed by atoms with Crippen molar-refractivity contribution in [1.29, 1.82) is 0 Å². The Bertz CT molecular complexity index is 1170. The molecule has 0 saturated carbocycles. The molecule has 0 aliphatic carbocycles. The molecule has 0 spiro atoms. The van der Waals surface area contributed by atoms with Crippen LogP contribution in [0.25, 0.3) is 6.08 Å². The van der Waals surface area contributed by atoms with Gasteiger partial charge in [0.15, 0.2) is 5.78 Å². The molecule has 8 heteroatoms. The number of carbonyl (C=O) groups is 3. The van der Waals surface area contributed by atoms with E-state index in [-0.39, 0.29) is 35.4 Å². The summed E-state index contributed by atoms with van der Waals surface area (Å²) in [6, 6.07) is 9.49. The number of rotatable bonds is 5. The van der Waals surface area contributed by atoms with E-state index >= 15 is 0 Å². The number of Topliss-reactive ketones (excluding diaryl/α,β-unsaturated/α-hetero) is 1. The van der Waals surface area contributed by atoms with E-state index in [1.807, 2.05) is 0 Å². The fourth-order valence-electron chi connectivity index (χ4n) is 5.13. The standard InChI is InChI=1S/C24H20ClFN2O4/c1-32-11-10-27-23(30)19-18-8-6-13-12-14(26)7-9-17(13)28(18)21(20(19)24(27)31)22(29)15-4-2-3-5-16(15)25/h2-9,12,18-21H,10-11H2,1H3/t18-,19+,20-,21-/m1/s1. The van der Waals surface area contributed by atoms with Crippen LogP contribution in [0.15, 0.2) is 48.5 Å². The molecule has 0 radical (unpaired) electrons. The van der Waals surface area contributed by atoms with Crippen molar-refractivity contribution in [2.24, 2.45) is 11.8 Å². The van der Waals surface area contributed by atoms with Gasteiger partial charge in [0.2, 0.25) is 11.8 Å². The first-order valence-corrected chi connectivity index (χ1v) is 10.7. The molecule has 0 bridgehead atoms. The first kappa shape index (κ1) is 20.8. The van der Waals surface area contributed by atoms with E-state index in [0.717, 1.165) is 0 Å². The number of ether oxygens (including phenoxy) is 1. The zero-order valence-corrected chi connectivity index (χ0v) is 18.0. The molecule has 2 fully saturated rings. The molecule has 0 N–H and O–H groups in total. The Morgan fingerprint density at radius 2 is 1.88 bits per heavy atom. The van der Waals surface area contributed by atoms with E-state index in [4.69, 9.17) is 16.3 Å². The van der Waals surface area contributed by atoms with Crippen molar-refractivity contribution in [2.75, 3.05) is 25.2 Å². The number of amides is 2. The summed E-state index contributed by atoms with van der Waals surface area (Å²) in [6.07, 6.45) is 3.53. The van der Waals surface area contributed by atoms with Crippen LogP contribution in [0.3, 0.4) is 0 Å². The van der Waals surface area contributed by atoms with Gasteiger partial charge >= 0.3 is 0 Å². The number of hydrogen-bond donors (Lipinski definition) is 0. The van der Waals surface area contributed by atoms with Crippen LogP contribution in [-0.4, -0.2) is 54.8 Å². The van der Waals surface area contributed by atoms with Gasteiger partial charge < -0.3 is 9.64 Å².